The van der Waals surface area contributed by atoms with E-state index in [9.17, 15) is 0 Å². The lowest BCUT2D eigenvalue weighted by atomic mass is 10.4. The second kappa shape index (κ2) is 4.10. The summed E-state index contributed by atoms with van der Waals surface area (Å²) < 4.78 is 5.05. The molecule has 0 fully saturated rings. The van der Waals surface area contributed by atoms with E-state index in [0.29, 0.717) is 18.9 Å². The first-order valence-electron chi connectivity index (χ1n) is 3.55. The fraction of sp³-hybridized carbons (Fsp3) is 0.571. The Morgan fingerprint density at radius 2 is 2.55 bits per heavy atom. The van der Waals surface area contributed by atoms with Crippen molar-refractivity contribution in [2.75, 3.05) is 13.7 Å². The highest BCUT2D eigenvalue weighted by Crippen LogP contribution is 2.01. The lowest BCUT2D eigenvalue weighted by molar-refractivity contribution is 0.285. The Morgan fingerprint density at radius 1 is 1.73 bits per heavy atom. The number of nitrogens with one attached hydrogen (secondary N) is 1. The molecule has 0 amide bonds. The molecule has 0 aliphatic carbocycles. The number of hydrogen-bond acceptors (Lipinski definition) is 4. The van der Waals surface area contributed by atoms with E-state index in [1.54, 1.807) is 6.26 Å². The van der Waals surface area contributed by atoms with Gasteiger partial charge in [0.2, 0.25) is 0 Å². The van der Waals surface area contributed by atoms with E-state index in [-0.39, 0.29) is 6.61 Å². The van der Waals surface area contributed by atoms with E-state index in [4.69, 9.17) is 9.52 Å². The number of nitrogens with zero attached hydrogens (tertiary/aromatic N) is 1. The van der Waals surface area contributed by atoms with Gasteiger partial charge in [-0.2, -0.15) is 0 Å². The van der Waals surface area contributed by atoms with E-state index >= 15 is 0 Å². The van der Waals surface area contributed by atoms with Crippen LogP contribution in [0.2, 0.25) is 0 Å². The van der Waals surface area contributed by atoms with E-state index in [2.05, 4.69) is 10.3 Å². The average Bonchev–Trinajstić information content (AvgIpc) is 2.38. The van der Waals surface area contributed by atoms with Crippen LogP contribution in [0.5, 0.6) is 0 Å². The smallest absolute Gasteiger partial charge is 0.196 e. The number of aliphatic hydroxyl groups is 1. The van der Waals surface area contributed by atoms with Crippen LogP contribution in [0.15, 0.2) is 10.7 Å². The first kappa shape index (κ1) is 8.23. The lowest BCUT2D eigenvalue weighted by Gasteiger charge is -1.89. The molecular weight excluding hydrogens is 144 g/mol. The van der Waals surface area contributed by atoms with E-state index in [1.807, 2.05) is 7.05 Å². The standard InChI is InChI=1S/C7H12N2O2/c1-8-4-6-5-11-7(9-6)2-3-10/h5,8,10H,2-4H2,1H3. The Balaban J connectivity index is 2.51. The molecular formula is C7H12N2O2. The van der Waals surface area contributed by atoms with Gasteiger partial charge in [0.15, 0.2) is 5.89 Å². The van der Waals surface area contributed by atoms with Gasteiger partial charge >= 0.3 is 0 Å². The van der Waals surface area contributed by atoms with Gasteiger partial charge in [0.05, 0.1) is 12.3 Å². The summed E-state index contributed by atoms with van der Waals surface area (Å²) in [6, 6.07) is 0. The minimum Gasteiger partial charge on any atom is -0.449 e. The summed E-state index contributed by atoms with van der Waals surface area (Å²) >= 11 is 0. The Bertz CT molecular complexity index is 189. The predicted octanol–water partition coefficient (Wildman–Crippen LogP) is -0.0712. The molecule has 4 nitrogen and oxygen atoms in total. The van der Waals surface area contributed by atoms with Crippen molar-refractivity contribution in [3.05, 3.63) is 17.8 Å². The van der Waals surface area contributed by atoms with Crippen molar-refractivity contribution in [1.82, 2.24) is 10.3 Å². The Kier molecular flexibility index (Phi) is 3.07. The molecule has 1 rings (SSSR count). The summed E-state index contributed by atoms with van der Waals surface area (Å²) in [5.74, 6) is 0.595. The van der Waals surface area contributed by atoms with E-state index in [0.717, 1.165) is 5.69 Å². The van der Waals surface area contributed by atoms with Crippen LogP contribution in [0, 0.1) is 0 Å². The van der Waals surface area contributed by atoms with Crippen LogP contribution in [0.25, 0.3) is 0 Å². The highest BCUT2D eigenvalue weighted by atomic mass is 16.3. The molecule has 0 radical (unpaired) electrons. The van der Waals surface area contributed by atoms with E-state index < -0.39 is 0 Å². The van der Waals surface area contributed by atoms with Crippen LogP contribution in [0.1, 0.15) is 11.6 Å². The number of hydrogen-bond donors (Lipinski definition) is 2. The summed E-state index contributed by atoms with van der Waals surface area (Å²) in [5.41, 5.74) is 0.871. The van der Waals surface area contributed by atoms with Gasteiger partial charge in [-0.1, -0.05) is 0 Å². The Morgan fingerprint density at radius 3 is 3.18 bits per heavy atom. The van der Waals surface area contributed by atoms with Gasteiger partial charge in [-0.3, -0.25) is 0 Å². The summed E-state index contributed by atoms with van der Waals surface area (Å²) in [7, 11) is 1.85. The molecule has 1 heterocycles. The fourth-order valence-corrected chi connectivity index (χ4v) is 0.822. The summed E-state index contributed by atoms with van der Waals surface area (Å²) in [6.45, 7) is 0.786. The van der Waals surface area contributed by atoms with Crippen LogP contribution in [0.4, 0.5) is 0 Å². The fourth-order valence-electron chi connectivity index (χ4n) is 0.822. The molecule has 0 aliphatic rings. The molecule has 0 aliphatic heterocycles. The molecule has 4 heteroatoms. The highest BCUT2D eigenvalue weighted by molar-refractivity contribution is 4.95. The zero-order valence-electron chi connectivity index (χ0n) is 6.50. The van der Waals surface area contributed by atoms with Gasteiger partial charge < -0.3 is 14.8 Å². The largest absolute Gasteiger partial charge is 0.449 e. The van der Waals surface area contributed by atoms with Gasteiger partial charge in [0, 0.05) is 13.0 Å². The first-order valence-corrected chi connectivity index (χ1v) is 3.55. The predicted molar refractivity (Wildman–Crippen MR) is 40.1 cm³/mol. The van der Waals surface area contributed by atoms with Crippen LogP contribution in [-0.4, -0.2) is 23.7 Å². The second-order valence-electron chi connectivity index (χ2n) is 2.24. The van der Waals surface area contributed by atoms with Crippen molar-refractivity contribution in [2.45, 2.75) is 13.0 Å². The van der Waals surface area contributed by atoms with Crippen molar-refractivity contribution in [3.63, 3.8) is 0 Å². The minimum atomic E-state index is 0.0828. The van der Waals surface area contributed by atoms with Crippen LogP contribution < -0.4 is 5.32 Å². The first-order chi connectivity index (χ1) is 5.36. The monoisotopic (exact) mass is 156 g/mol. The SMILES string of the molecule is CNCc1coc(CCO)n1. The maximum Gasteiger partial charge on any atom is 0.196 e. The quantitative estimate of drug-likeness (QED) is 0.640. The third-order valence-electron chi connectivity index (χ3n) is 1.28. The number of aliphatic hydroxyl groups excluding tert-OH is 1. The van der Waals surface area contributed by atoms with Gasteiger partial charge in [0.1, 0.15) is 6.26 Å². The van der Waals surface area contributed by atoms with Crippen LogP contribution >= 0.6 is 0 Å². The minimum absolute atomic E-state index is 0.0828. The highest BCUT2D eigenvalue weighted by Gasteiger charge is 2.00. The maximum atomic E-state index is 8.54. The molecule has 0 aromatic carbocycles. The van der Waals surface area contributed by atoms with Crippen molar-refractivity contribution in [3.8, 4) is 0 Å². The van der Waals surface area contributed by atoms with Crippen LogP contribution in [-0.2, 0) is 13.0 Å². The molecule has 0 unspecified atom stereocenters. The second-order valence-corrected chi connectivity index (χ2v) is 2.24. The maximum absolute atomic E-state index is 8.54. The molecule has 0 bridgehead atoms. The normalized spacial score (nSPS) is 10.4. The Labute approximate surface area is 65.2 Å². The summed E-state index contributed by atoms with van der Waals surface area (Å²) in [4.78, 5) is 4.10. The third kappa shape index (κ3) is 2.32. The molecule has 0 saturated carbocycles. The molecule has 0 spiro atoms. The summed E-state index contributed by atoms with van der Waals surface area (Å²) in [6.07, 6.45) is 2.09. The summed E-state index contributed by atoms with van der Waals surface area (Å²) in [5, 5.41) is 11.5. The zero-order chi connectivity index (χ0) is 8.10. The van der Waals surface area contributed by atoms with Crippen molar-refractivity contribution >= 4 is 0 Å². The van der Waals surface area contributed by atoms with Crippen LogP contribution in [0.3, 0.4) is 0 Å². The molecule has 0 atom stereocenters. The van der Waals surface area contributed by atoms with Crippen molar-refractivity contribution < 1.29 is 9.52 Å². The van der Waals surface area contributed by atoms with Gasteiger partial charge in [-0.15, -0.1) is 0 Å². The number of oxazole rings is 1. The topological polar surface area (TPSA) is 58.3 Å². The van der Waals surface area contributed by atoms with E-state index in [1.165, 1.54) is 0 Å². The van der Waals surface area contributed by atoms with Crippen molar-refractivity contribution in [1.29, 1.82) is 0 Å². The molecule has 11 heavy (non-hydrogen) atoms. The number of aromatic nitrogens is 1. The third-order valence-corrected chi connectivity index (χ3v) is 1.28. The average molecular weight is 156 g/mol. The lowest BCUT2D eigenvalue weighted by Crippen LogP contribution is -2.05. The van der Waals surface area contributed by atoms with Crippen molar-refractivity contribution in [2.24, 2.45) is 0 Å². The molecule has 0 saturated heterocycles. The molecule has 1 aromatic rings. The zero-order valence-corrected chi connectivity index (χ0v) is 6.50. The Hall–Kier alpha value is -0.870. The molecule has 62 valence electrons. The molecule has 2 N–H and O–H groups in total. The molecule has 1 aromatic heterocycles. The number of rotatable bonds is 4. The van der Waals surface area contributed by atoms with Gasteiger partial charge in [0.25, 0.3) is 0 Å². The van der Waals surface area contributed by atoms with Gasteiger partial charge in [-0.05, 0) is 7.05 Å². The van der Waals surface area contributed by atoms with Gasteiger partial charge in [-0.25, -0.2) is 4.98 Å².